The fourth-order valence-corrected chi connectivity index (χ4v) is 2.90. The van der Waals surface area contributed by atoms with Crippen molar-refractivity contribution >= 4 is 22.7 Å². The highest BCUT2D eigenvalue weighted by molar-refractivity contribution is 6.11. The van der Waals surface area contributed by atoms with Gasteiger partial charge in [-0.05, 0) is 36.6 Å². The highest BCUT2D eigenvalue weighted by Crippen LogP contribution is 2.31. The number of fused-ring (bicyclic) bond motifs is 1. The van der Waals surface area contributed by atoms with Gasteiger partial charge < -0.3 is 19.8 Å². The summed E-state index contributed by atoms with van der Waals surface area (Å²) < 4.78 is 7.08. The molecule has 6 nitrogen and oxygen atoms in total. The Morgan fingerprint density at radius 1 is 1.31 bits per heavy atom. The molecule has 0 unspecified atom stereocenters. The summed E-state index contributed by atoms with van der Waals surface area (Å²) in [6.07, 6.45) is 2.78. The van der Waals surface area contributed by atoms with Crippen molar-refractivity contribution < 1.29 is 9.84 Å². The second-order valence-electron chi connectivity index (χ2n) is 5.83. The van der Waals surface area contributed by atoms with E-state index in [1.54, 1.807) is 22.9 Å². The Hall–Kier alpha value is -3.41. The molecule has 0 fully saturated rings. The summed E-state index contributed by atoms with van der Waals surface area (Å²) in [5, 5.41) is 18.2. The summed E-state index contributed by atoms with van der Waals surface area (Å²) in [5.74, 6) is 0.504. The van der Waals surface area contributed by atoms with Gasteiger partial charge in [0.25, 0.3) is 5.56 Å². The number of rotatable bonds is 5. The van der Waals surface area contributed by atoms with Crippen molar-refractivity contribution in [3.8, 4) is 5.75 Å². The van der Waals surface area contributed by atoms with Crippen LogP contribution in [0.3, 0.4) is 0 Å². The predicted molar refractivity (Wildman–Crippen MR) is 102 cm³/mol. The largest absolute Gasteiger partial charge is 0.512 e. The normalized spacial score (nSPS) is 11.9. The van der Waals surface area contributed by atoms with E-state index in [1.165, 1.54) is 20.1 Å². The molecule has 3 aromatic rings. The number of hydrogen-bond donors (Lipinski definition) is 2. The highest BCUT2D eigenvalue weighted by atomic mass is 16.5. The van der Waals surface area contributed by atoms with E-state index in [1.807, 2.05) is 24.3 Å². The van der Waals surface area contributed by atoms with Crippen molar-refractivity contribution in [2.75, 3.05) is 7.11 Å². The zero-order valence-corrected chi connectivity index (χ0v) is 14.6. The van der Waals surface area contributed by atoms with Gasteiger partial charge in [0.1, 0.15) is 5.75 Å². The Bertz CT molecular complexity index is 1050. The lowest BCUT2D eigenvalue weighted by atomic mass is 10.0. The number of methoxy groups -OCH3 is 1. The third-order valence-electron chi connectivity index (χ3n) is 4.18. The first-order chi connectivity index (χ1) is 12.5. The van der Waals surface area contributed by atoms with Gasteiger partial charge in [-0.2, -0.15) is 0 Å². The van der Waals surface area contributed by atoms with E-state index in [4.69, 9.17) is 10.1 Å². The van der Waals surface area contributed by atoms with E-state index in [0.717, 1.165) is 17.3 Å². The van der Waals surface area contributed by atoms with Crippen LogP contribution in [-0.4, -0.2) is 28.0 Å². The number of benzene rings is 1. The summed E-state index contributed by atoms with van der Waals surface area (Å²) >= 11 is 0. The molecule has 0 aliphatic heterocycles. The zero-order valence-electron chi connectivity index (χ0n) is 14.6. The molecule has 2 N–H and O–H groups in total. The second-order valence-corrected chi connectivity index (χ2v) is 5.83. The molecule has 2 heterocycles. The van der Waals surface area contributed by atoms with Crippen LogP contribution in [0.15, 0.2) is 59.2 Å². The minimum absolute atomic E-state index is 0.0273. The van der Waals surface area contributed by atoms with Gasteiger partial charge in [0.05, 0.1) is 30.6 Å². The number of nitrogens with one attached hydrogen (secondary N) is 1. The lowest BCUT2D eigenvalue weighted by Crippen LogP contribution is -2.20. The van der Waals surface area contributed by atoms with Crippen molar-refractivity contribution in [1.82, 2.24) is 9.55 Å². The Kier molecular flexibility index (Phi) is 4.84. The molecule has 6 heteroatoms. The summed E-state index contributed by atoms with van der Waals surface area (Å²) in [6.45, 7) is 1.86. The zero-order chi connectivity index (χ0) is 18.7. The third kappa shape index (κ3) is 3.21. The molecule has 0 saturated heterocycles. The van der Waals surface area contributed by atoms with Gasteiger partial charge in [-0.25, -0.2) is 0 Å². The fraction of sp³-hybridized carbons (Fsp3) is 0.150. The van der Waals surface area contributed by atoms with Crippen LogP contribution in [-0.2, 0) is 6.54 Å². The number of aromatic nitrogens is 2. The lowest BCUT2D eigenvalue weighted by Gasteiger charge is -2.15. The molecule has 26 heavy (non-hydrogen) atoms. The molecule has 0 atom stereocenters. The Morgan fingerprint density at radius 2 is 2.12 bits per heavy atom. The summed E-state index contributed by atoms with van der Waals surface area (Å²) in [4.78, 5) is 16.7. The van der Waals surface area contributed by atoms with E-state index in [-0.39, 0.29) is 11.3 Å². The monoisotopic (exact) mass is 349 g/mol. The molecule has 0 aliphatic rings. The number of pyridine rings is 2. The molecular formula is C20H19N3O3. The molecule has 0 amide bonds. The van der Waals surface area contributed by atoms with Gasteiger partial charge >= 0.3 is 0 Å². The molecule has 0 spiro atoms. The Labute approximate surface area is 150 Å². The number of nitrogens with zero attached hydrogens (tertiary/aromatic N) is 2. The summed E-state index contributed by atoms with van der Waals surface area (Å²) in [6, 6.07) is 12.4. The van der Waals surface area contributed by atoms with E-state index < -0.39 is 0 Å². The topological polar surface area (TPSA) is 88.2 Å². The van der Waals surface area contributed by atoms with Crippen LogP contribution >= 0.6 is 0 Å². The number of hydrogen-bond acceptors (Lipinski definition) is 5. The molecule has 0 radical (unpaired) electrons. The first-order valence-electron chi connectivity index (χ1n) is 8.07. The minimum atomic E-state index is -0.140. The minimum Gasteiger partial charge on any atom is -0.512 e. The maximum atomic E-state index is 12.4. The van der Waals surface area contributed by atoms with Gasteiger partial charge in [-0.3, -0.25) is 9.78 Å². The molecule has 0 aliphatic carbocycles. The predicted octanol–water partition coefficient (Wildman–Crippen LogP) is 3.39. The first-order valence-corrected chi connectivity index (χ1v) is 8.07. The van der Waals surface area contributed by atoms with Crippen LogP contribution in [0.2, 0.25) is 0 Å². The van der Waals surface area contributed by atoms with Gasteiger partial charge in [-0.15, -0.1) is 0 Å². The maximum absolute atomic E-state index is 12.4. The first kappa shape index (κ1) is 17.4. The van der Waals surface area contributed by atoms with Gasteiger partial charge in [0.15, 0.2) is 0 Å². The van der Waals surface area contributed by atoms with E-state index >= 15 is 0 Å². The molecule has 132 valence electrons. The molecule has 2 aromatic heterocycles. The molecule has 0 saturated carbocycles. The van der Waals surface area contributed by atoms with Crippen LogP contribution in [0, 0.1) is 5.41 Å². The Balaban J connectivity index is 2.25. The van der Waals surface area contributed by atoms with Crippen molar-refractivity contribution in [3.05, 3.63) is 76.0 Å². The molecule has 0 bridgehead atoms. The van der Waals surface area contributed by atoms with E-state index in [9.17, 15) is 9.90 Å². The van der Waals surface area contributed by atoms with Crippen LogP contribution in [0.4, 0.5) is 0 Å². The van der Waals surface area contributed by atoms with E-state index in [2.05, 4.69) is 4.98 Å². The van der Waals surface area contributed by atoms with Gasteiger partial charge in [0, 0.05) is 35.7 Å². The standard InChI is InChI=1S/C20H19N3O3/c1-13(24)17(11-21)16-9-14-6-7-20(25)23(18(14)10-19(16)26-2)12-15-5-3-4-8-22-15/h3-11,21,24H,12H2,1-2H3/b17-13+,21-11?. The average molecular weight is 349 g/mol. The van der Waals surface area contributed by atoms with Gasteiger partial charge in [0.2, 0.25) is 0 Å². The summed E-state index contributed by atoms with van der Waals surface area (Å²) in [5.41, 5.74) is 2.29. The van der Waals surface area contributed by atoms with Gasteiger partial charge in [-0.1, -0.05) is 6.07 Å². The lowest BCUT2D eigenvalue weighted by molar-refractivity contribution is 0.409. The van der Waals surface area contributed by atoms with Crippen LogP contribution in [0.1, 0.15) is 18.2 Å². The number of allylic oxidation sites excluding steroid dienone is 2. The molecule has 3 rings (SSSR count). The van der Waals surface area contributed by atoms with Crippen molar-refractivity contribution in [2.24, 2.45) is 0 Å². The summed E-state index contributed by atoms with van der Waals surface area (Å²) in [7, 11) is 1.52. The van der Waals surface area contributed by atoms with Crippen LogP contribution in [0.25, 0.3) is 16.5 Å². The van der Waals surface area contributed by atoms with Crippen molar-refractivity contribution in [2.45, 2.75) is 13.5 Å². The maximum Gasteiger partial charge on any atom is 0.251 e. The van der Waals surface area contributed by atoms with Crippen LogP contribution in [0.5, 0.6) is 5.75 Å². The number of aliphatic hydroxyl groups is 1. The van der Waals surface area contributed by atoms with E-state index in [0.29, 0.717) is 28.9 Å². The Morgan fingerprint density at radius 3 is 2.73 bits per heavy atom. The molecular weight excluding hydrogens is 330 g/mol. The van der Waals surface area contributed by atoms with Crippen molar-refractivity contribution in [1.29, 1.82) is 5.41 Å². The smallest absolute Gasteiger partial charge is 0.251 e. The third-order valence-corrected chi connectivity index (χ3v) is 4.18. The number of ether oxygens (including phenoxy) is 1. The van der Waals surface area contributed by atoms with Crippen molar-refractivity contribution in [3.63, 3.8) is 0 Å². The highest BCUT2D eigenvalue weighted by Gasteiger charge is 2.14. The fourth-order valence-electron chi connectivity index (χ4n) is 2.90. The number of aliphatic hydroxyl groups excluding tert-OH is 1. The van der Waals surface area contributed by atoms with Crippen LogP contribution < -0.4 is 10.3 Å². The second kappa shape index (κ2) is 7.23. The molecule has 1 aromatic carbocycles. The SMILES string of the molecule is COc1cc2c(ccc(=O)n2Cc2ccccn2)cc1/C(C=N)=C(\C)O. The quantitative estimate of drug-likeness (QED) is 0.546. The average Bonchev–Trinajstić information content (AvgIpc) is 2.65.